The summed E-state index contributed by atoms with van der Waals surface area (Å²) in [6, 6.07) is 0. The standard InChI is InChI=1S/C7H13N3O2/c1-2-12-4-3-6-8-7(5-11)10-9-6/h11H,2-5H2,1H3,(H,8,9,10). The summed E-state index contributed by atoms with van der Waals surface area (Å²) in [6.45, 7) is 3.18. The summed E-state index contributed by atoms with van der Waals surface area (Å²) in [7, 11) is 0. The highest BCUT2D eigenvalue weighted by Crippen LogP contribution is 1.93. The van der Waals surface area contributed by atoms with Gasteiger partial charge >= 0.3 is 0 Å². The molecule has 0 spiro atoms. The number of aromatic amines is 1. The molecule has 0 radical (unpaired) electrons. The Balaban J connectivity index is 2.31. The second-order valence-electron chi connectivity index (χ2n) is 2.30. The molecule has 0 aliphatic rings. The van der Waals surface area contributed by atoms with Crippen LogP contribution < -0.4 is 0 Å². The van der Waals surface area contributed by atoms with Crippen LogP contribution in [-0.4, -0.2) is 33.5 Å². The quantitative estimate of drug-likeness (QED) is 0.606. The Morgan fingerprint density at radius 3 is 3.00 bits per heavy atom. The molecule has 0 saturated carbocycles. The SMILES string of the molecule is CCOCCc1n[nH]c(CO)n1. The van der Waals surface area contributed by atoms with Crippen molar-refractivity contribution in [3.8, 4) is 0 Å². The van der Waals surface area contributed by atoms with Gasteiger partial charge < -0.3 is 9.84 Å². The molecule has 5 nitrogen and oxygen atoms in total. The van der Waals surface area contributed by atoms with Crippen molar-refractivity contribution in [3.05, 3.63) is 11.6 Å². The maximum absolute atomic E-state index is 8.66. The lowest BCUT2D eigenvalue weighted by molar-refractivity contribution is 0.149. The van der Waals surface area contributed by atoms with Crippen LogP contribution in [-0.2, 0) is 17.8 Å². The van der Waals surface area contributed by atoms with E-state index in [1.54, 1.807) is 0 Å². The Morgan fingerprint density at radius 1 is 1.58 bits per heavy atom. The molecule has 0 aliphatic heterocycles. The van der Waals surface area contributed by atoms with Crippen LogP contribution in [0.3, 0.4) is 0 Å². The fourth-order valence-electron chi connectivity index (χ4n) is 0.825. The lowest BCUT2D eigenvalue weighted by Gasteiger charge is -1.95. The topological polar surface area (TPSA) is 71.0 Å². The van der Waals surface area contributed by atoms with Crippen LogP contribution in [0.4, 0.5) is 0 Å². The fourth-order valence-corrected chi connectivity index (χ4v) is 0.825. The largest absolute Gasteiger partial charge is 0.388 e. The third kappa shape index (κ3) is 2.60. The summed E-state index contributed by atoms with van der Waals surface area (Å²) in [5, 5.41) is 15.2. The molecule has 5 heteroatoms. The molecule has 0 amide bonds. The molecule has 0 saturated heterocycles. The molecule has 1 aromatic heterocycles. The van der Waals surface area contributed by atoms with E-state index in [-0.39, 0.29) is 6.61 Å². The average Bonchev–Trinajstić information content (AvgIpc) is 2.53. The summed E-state index contributed by atoms with van der Waals surface area (Å²) in [5.41, 5.74) is 0. The zero-order valence-corrected chi connectivity index (χ0v) is 7.08. The third-order valence-corrected chi connectivity index (χ3v) is 1.40. The maximum Gasteiger partial charge on any atom is 0.153 e. The maximum atomic E-state index is 8.66. The first-order chi connectivity index (χ1) is 5.86. The number of nitrogens with zero attached hydrogens (tertiary/aromatic N) is 2. The van der Waals surface area contributed by atoms with Crippen LogP contribution in [0, 0.1) is 0 Å². The molecule has 68 valence electrons. The first kappa shape index (κ1) is 9.15. The highest BCUT2D eigenvalue weighted by atomic mass is 16.5. The smallest absolute Gasteiger partial charge is 0.153 e. The van der Waals surface area contributed by atoms with Gasteiger partial charge in [-0.2, -0.15) is 5.10 Å². The molecular weight excluding hydrogens is 158 g/mol. The second-order valence-corrected chi connectivity index (χ2v) is 2.30. The molecule has 0 fully saturated rings. The monoisotopic (exact) mass is 171 g/mol. The van der Waals surface area contributed by atoms with Crippen molar-refractivity contribution in [2.75, 3.05) is 13.2 Å². The predicted octanol–water partition coefficient (Wildman–Crippen LogP) is -0.124. The van der Waals surface area contributed by atoms with E-state index in [9.17, 15) is 0 Å². The van der Waals surface area contributed by atoms with E-state index in [0.29, 0.717) is 31.3 Å². The molecule has 1 rings (SSSR count). The number of nitrogens with one attached hydrogen (secondary N) is 1. The molecule has 1 heterocycles. The van der Waals surface area contributed by atoms with Crippen LogP contribution in [0.5, 0.6) is 0 Å². The number of H-pyrrole nitrogens is 1. The van der Waals surface area contributed by atoms with Crippen molar-refractivity contribution in [1.29, 1.82) is 0 Å². The van der Waals surface area contributed by atoms with E-state index in [2.05, 4.69) is 15.2 Å². The van der Waals surface area contributed by atoms with Gasteiger partial charge in [-0.3, -0.25) is 5.10 Å². The van der Waals surface area contributed by atoms with Gasteiger partial charge in [0.15, 0.2) is 5.82 Å². The third-order valence-electron chi connectivity index (χ3n) is 1.40. The van der Waals surface area contributed by atoms with Gasteiger partial charge in [-0.15, -0.1) is 0 Å². The molecular formula is C7H13N3O2. The van der Waals surface area contributed by atoms with Gasteiger partial charge in [0.05, 0.1) is 6.61 Å². The Labute approximate surface area is 70.8 Å². The normalized spacial score (nSPS) is 10.5. The van der Waals surface area contributed by atoms with E-state index >= 15 is 0 Å². The van der Waals surface area contributed by atoms with Gasteiger partial charge in [0.2, 0.25) is 0 Å². The zero-order valence-electron chi connectivity index (χ0n) is 7.08. The number of hydrogen-bond donors (Lipinski definition) is 2. The lowest BCUT2D eigenvalue weighted by Crippen LogP contribution is -1.99. The van der Waals surface area contributed by atoms with E-state index in [1.165, 1.54) is 0 Å². The highest BCUT2D eigenvalue weighted by Gasteiger charge is 2.00. The van der Waals surface area contributed by atoms with Gasteiger partial charge in [0, 0.05) is 13.0 Å². The Bertz CT molecular complexity index is 224. The molecule has 0 atom stereocenters. The van der Waals surface area contributed by atoms with Crippen molar-refractivity contribution in [3.63, 3.8) is 0 Å². The minimum absolute atomic E-state index is 0.0956. The zero-order chi connectivity index (χ0) is 8.81. The van der Waals surface area contributed by atoms with Crippen LogP contribution in [0.25, 0.3) is 0 Å². The molecule has 2 N–H and O–H groups in total. The predicted molar refractivity (Wildman–Crippen MR) is 42.5 cm³/mol. The van der Waals surface area contributed by atoms with Crippen LogP contribution >= 0.6 is 0 Å². The van der Waals surface area contributed by atoms with Crippen molar-refractivity contribution < 1.29 is 9.84 Å². The number of hydrogen-bond acceptors (Lipinski definition) is 4. The number of aliphatic hydroxyl groups excluding tert-OH is 1. The summed E-state index contributed by atoms with van der Waals surface area (Å²) in [5.74, 6) is 1.19. The summed E-state index contributed by atoms with van der Waals surface area (Å²) < 4.78 is 5.12. The van der Waals surface area contributed by atoms with E-state index in [1.807, 2.05) is 6.92 Å². The molecule has 12 heavy (non-hydrogen) atoms. The number of rotatable bonds is 5. The Kier molecular flexibility index (Phi) is 3.69. The Morgan fingerprint density at radius 2 is 2.42 bits per heavy atom. The minimum atomic E-state index is -0.0956. The van der Waals surface area contributed by atoms with Gasteiger partial charge in [-0.05, 0) is 6.92 Å². The highest BCUT2D eigenvalue weighted by molar-refractivity contribution is 4.88. The first-order valence-corrected chi connectivity index (χ1v) is 3.95. The van der Waals surface area contributed by atoms with Gasteiger partial charge in [-0.25, -0.2) is 4.98 Å². The van der Waals surface area contributed by atoms with Gasteiger partial charge in [0.25, 0.3) is 0 Å². The van der Waals surface area contributed by atoms with Crippen LogP contribution in [0.1, 0.15) is 18.6 Å². The van der Waals surface area contributed by atoms with E-state index in [0.717, 1.165) is 0 Å². The second kappa shape index (κ2) is 4.84. The van der Waals surface area contributed by atoms with Crippen molar-refractivity contribution >= 4 is 0 Å². The van der Waals surface area contributed by atoms with E-state index in [4.69, 9.17) is 9.84 Å². The fraction of sp³-hybridized carbons (Fsp3) is 0.714. The summed E-state index contributed by atoms with van der Waals surface area (Å²) >= 11 is 0. The lowest BCUT2D eigenvalue weighted by atomic mass is 10.4. The molecule has 1 aromatic rings. The number of aliphatic hydroxyl groups is 1. The molecule has 0 unspecified atom stereocenters. The van der Waals surface area contributed by atoms with Crippen LogP contribution in [0.2, 0.25) is 0 Å². The average molecular weight is 171 g/mol. The summed E-state index contributed by atoms with van der Waals surface area (Å²) in [6.07, 6.45) is 0.685. The molecule has 0 aromatic carbocycles. The Hall–Kier alpha value is -0.940. The van der Waals surface area contributed by atoms with E-state index < -0.39 is 0 Å². The van der Waals surface area contributed by atoms with Crippen molar-refractivity contribution in [2.45, 2.75) is 20.0 Å². The van der Waals surface area contributed by atoms with Gasteiger partial charge in [0.1, 0.15) is 12.4 Å². The van der Waals surface area contributed by atoms with Gasteiger partial charge in [-0.1, -0.05) is 0 Å². The number of ether oxygens (including phenoxy) is 1. The summed E-state index contributed by atoms with van der Waals surface area (Å²) in [4.78, 5) is 4.00. The van der Waals surface area contributed by atoms with Crippen molar-refractivity contribution in [2.24, 2.45) is 0 Å². The van der Waals surface area contributed by atoms with Crippen LogP contribution in [0.15, 0.2) is 0 Å². The minimum Gasteiger partial charge on any atom is -0.388 e. The van der Waals surface area contributed by atoms with Crippen molar-refractivity contribution in [1.82, 2.24) is 15.2 Å². The molecule has 0 aliphatic carbocycles. The number of aromatic nitrogens is 3. The molecule has 0 bridgehead atoms. The first-order valence-electron chi connectivity index (χ1n) is 3.95.